The number of rotatable bonds is 4. The van der Waals surface area contributed by atoms with Gasteiger partial charge in [-0.2, -0.15) is 10.4 Å². The normalized spacial score (nSPS) is 18.2. The van der Waals surface area contributed by atoms with Crippen molar-refractivity contribution in [3.05, 3.63) is 47.9 Å². The minimum atomic E-state index is -0.270. The van der Waals surface area contributed by atoms with Crippen LogP contribution in [0.25, 0.3) is 5.65 Å². The second-order valence-electron chi connectivity index (χ2n) is 7.72. The lowest BCUT2D eigenvalue weighted by Gasteiger charge is -2.33. The standard InChI is InChI=1S/C22H22N6O3/c23-3-2-15-10-16-11-18(19(12-20(16)31-14-15)27-6-8-30-9-7-27)26-22(29)17-13-25-28-5-1-4-24-21(17)28/h1,4-5,11-13,15H,2,6-10,14H2,(H,26,29). The molecule has 0 radical (unpaired) electrons. The van der Waals surface area contributed by atoms with Gasteiger partial charge in [-0.3, -0.25) is 4.79 Å². The third kappa shape index (κ3) is 3.78. The Kier molecular flexibility index (Phi) is 5.14. The fraction of sp³-hybridized carbons (Fsp3) is 0.364. The van der Waals surface area contributed by atoms with Crippen LogP contribution in [0.1, 0.15) is 22.3 Å². The Morgan fingerprint density at radius 3 is 3.03 bits per heavy atom. The number of anilines is 2. The van der Waals surface area contributed by atoms with Crippen molar-refractivity contribution in [3.63, 3.8) is 0 Å². The van der Waals surface area contributed by atoms with Gasteiger partial charge in [0.2, 0.25) is 0 Å². The van der Waals surface area contributed by atoms with Gasteiger partial charge in [-0.1, -0.05) is 0 Å². The van der Waals surface area contributed by atoms with Gasteiger partial charge in [0.25, 0.3) is 5.91 Å². The summed E-state index contributed by atoms with van der Waals surface area (Å²) in [5.74, 6) is 0.693. The molecule has 1 saturated heterocycles. The molecule has 1 amide bonds. The van der Waals surface area contributed by atoms with Gasteiger partial charge in [-0.05, 0) is 24.1 Å². The summed E-state index contributed by atoms with van der Waals surface area (Å²) in [6, 6.07) is 7.96. The number of amides is 1. The van der Waals surface area contributed by atoms with Crippen LogP contribution in [0, 0.1) is 17.2 Å². The van der Waals surface area contributed by atoms with Crippen molar-refractivity contribution in [1.82, 2.24) is 14.6 Å². The summed E-state index contributed by atoms with van der Waals surface area (Å²) in [4.78, 5) is 19.6. The highest BCUT2D eigenvalue weighted by molar-refractivity contribution is 6.09. The number of aromatic nitrogens is 3. The molecule has 31 heavy (non-hydrogen) atoms. The highest BCUT2D eigenvalue weighted by atomic mass is 16.5. The van der Waals surface area contributed by atoms with E-state index in [1.807, 2.05) is 12.1 Å². The molecule has 9 nitrogen and oxygen atoms in total. The monoisotopic (exact) mass is 418 g/mol. The molecule has 2 aliphatic heterocycles. The number of benzene rings is 1. The van der Waals surface area contributed by atoms with Crippen molar-refractivity contribution in [2.45, 2.75) is 12.8 Å². The molecule has 3 aromatic rings. The fourth-order valence-electron chi connectivity index (χ4n) is 4.09. The summed E-state index contributed by atoms with van der Waals surface area (Å²) >= 11 is 0. The van der Waals surface area contributed by atoms with Crippen LogP contribution in [0.15, 0.2) is 36.8 Å². The molecule has 5 rings (SSSR count). The molecule has 2 aromatic heterocycles. The molecule has 1 fully saturated rings. The number of hydrogen-bond donors (Lipinski definition) is 1. The van der Waals surface area contributed by atoms with Gasteiger partial charge in [-0.15, -0.1) is 0 Å². The quantitative estimate of drug-likeness (QED) is 0.693. The predicted octanol–water partition coefficient (Wildman–Crippen LogP) is 2.28. The van der Waals surface area contributed by atoms with Crippen molar-refractivity contribution < 1.29 is 14.3 Å². The van der Waals surface area contributed by atoms with Crippen LogP contribution in [-0.4, -0.2) is 53.4 Å². The number of nitrogens with zero attached hydrogens (tertiary/aromatic N) is 5. The van der Waals surface area contributed by atoms with Crippen LogP contribution in [0.5, 0.6) is 5.75 Å². The predicted molar refractivity (Wildman–Crippen MR) is 113 cm³/mol. The molecule has 1 N–H and O–H groups in total. The first-order chi connectivity index (χ1) is 15.2. The maximum Gasteiger partial charge on any atom is 0.261 e. The summed E-state index contributed by atoms with van der Waals surface area (Å²) in [7, 11) is 0. The number of carbonyl (C=O) groups is 1. The minimum absolute atomic E-state index is 0.152. The molecular weight excluding hydrogens is 396 g/mol. The molecule has 9 heteroatoms. The third-order valence-corrected chi connectivity index (χ3v) is 5.67. The van der Waals surface area contributed by atoms with E-state index < -0.39 is 0 Å². The number of fused-ring (bicyclic) bond motifs is 2. The average molecular weight is 418 g/mol. The summed E-state index contributed by atoms with van der Waals surface area (Å²) in [6.45, 7) is 3.26. The van der Waals surface area contributed by atoms with Gasteiger partial charge in [0, 0.05) is 43.9 Å². The molecule has 0 spiro atoms. The molecule has 0 aliphatic carbocycles. The van der Waals surface area contributed by atoms with Gasteiger partial charge in [0.1, 0.15) is 11.3 Å². The molecule has 2 aliphatic rings. The Morgan fingerprint density at radius 2 is 2.19 bits per heavy atom. The van der Waals surface area contributed by atoms with Gasteiger partial charge in [-0.25, -0.2) is 9.50 Å². The van der Waals surface area contributed by atoms with Crippen molar-refractivity contribution >= 4 is 22.9 Å². The van der Waals surface area contributed by atoms with Crippen LogP contribution in [-0.2, 0) is 11.2 Å². The third-order valence-electron chi connectivity index (χ3n) is 5.67. The minimum Gasteiger partial charge on any atom is -0.493 e. The van der Waals surface area contributed by atoms with E-state index in [-0.39, 0.29) is 11.8 Å². The maximum atomic E-state index is 13.1. The van der Waals surface area contributed by atoms with Gasteiger partial charge < -0.3 is 19.7 Å². The van der Waals surface area contributed by atoms with Crippen LogP contribution < -0.4 is 15.0 Å². The van der Waals surface area contributed by atoms with Gasteiger partial charge in [0.15, 0.2) is 5.65 Å². The SMILES string of the molecule is N#CCC1COc2cc(N3CCOCC3)c(NC(=O)c3cnn4cccnc34)cc2C1. The lowest BCUT2D eigenvalue weighted by Crippen LogP contribution is -2.37. The smallest absolute Gasteiger partial charge is 0.261 e. The second-order valence-corrected chi connectivity index (χ2v) is 7.72. The molecule has 1 unspecified atom stereocenters. The van der Waals surface area contributed by atoms with E-state index in [0.29, 0.717) is 43.1 Å². The van der Waals surface area contributed by atoms with Crippen LogP contribution >= 0.6 is 0 Å². The van der Waals surface area contributed by atoms with Gasteiger partial charge in [0.05, 0.1) is 43.5 Å². The fourth-order valence-corrected chi connectivity index (χ4v) is 4.09. The number of morpholine rings is 1. The molecular formula is C22H22N6O3. The lowest BCUT2D eigenvalue weighted by atomic mass is 9.93. The van der Waals surface area contributed by atoms with E-state index in [1.54, 1.807) is 23.0 Å². The topological polar surface area (TPSA) is 105 Å². The highest BCUT2D eigenvalue weighted by Gasteiger charge is 2.25. The molecule has 0 saturated carbocycles. The summed E-state index contributed by atoms with van der Waals surface area (Å²) < 4.78 is 13.0. The molecule has 158 valence electrons. The number of ether oxygens (including phenoxy) is 2. The Bertz CT molecular complexity index is 1160. The zero-order valence-corrected chi connectivity index (χ0v) is 17.0. The first kappa shape index (κ1) is 19.3. The number of carbonyl (C=O) groups excluding carboxylic acids is 1. The molecule has 1 aromatic carbocycles. The molecule has 4 heterocycles. The van der Waals surface area contributed by atoms with E-state index >= 15 is 0 Å². The average Bonchev–Trinajstić information content (AvgIpc) is 3.24. The van der Waals surface area contributed by atoms with E-state index in [0.717, 1.165) is 36.5 Å². The highest BCUT2D eigenvalue weighted by Crippen LogP contribution is 2.38. The Morgan fingerprint density at radius 1 is 1.32 bits per heavy atom. The van der Waals surface area contributed by atoms with Crippen molar-refractivity contribution in [3.8, 4) is 11.8 Å². The van der Waals surface area contributed by atoms with Crippen LogP contribution in [0.2, 0.25) is 0 Å². The summed E-state index contributed by atoms with van der Waals surface area (Å²) in [5.41, 5.74) is 3.52. The second kappa shape index (κ2) is 8.24. The van der Waals surface area contributed by atoms with Crippen molar-refractivity contribution in [1.29, 1.82) is 5.26 Å². The first-order valence-electron chi connectivity index (χ1n) is 10.3. The summed E-state index contributed by atoms with van der Waals surface area (Å²) in [5, 5.41) is 16.3. The Labute approximate surface area is 179 Å². The van der Waals surface area contributed by atoms with E-state index in [2.05, 4.69) is 26.4 Å². The first-order valence-corrected chi connectivity index (χ1v) is 10.3. The van der Waals surface area contributed by atoms with Crippen LogP contribution in [0.4, 0.5) is 11.4 Å². The van der Waals surface area contributed by atoms with E-state index in [1.165, 1.54) is 6.20 Å². The van der Waals surface area contributed by atoms with Crippen molar-refractivity contribution in [2.75, 3.05) is 43.1 Å². The molecule has 1 atom stereocenters. The Balaban J connectivity index is 1.50. The Hall–Kier alpha value is -3.64. The van der Waals surface area contributed by atoms with E-state index in [4.69, 9.17) is 14.7 Å². The number of nitrogens with one attached hydrogen (secondary N) is 1. The number of nitriles is 1. The zero-order chi connectivity index (χ0) is 21.2. The molecule has 0 bridgehead atoms. The van der Waals surface area contributed by atoms with E-state index in [9.17, 15) is 4.79 Å². The van der Waals surface area contributed by atoms with Crippen molar-refractivity contribution in [2.24, 2.45) is 5.92 Å². The number of hydrogen-bond acceptors (Lipinski definition) is 7. The lowest BCUT2D eigenvalue weighted by molar-refractivity contribution is 0.102. The largest absolute Gasteiger partial charge is 0.493 e. The van der Waals surface area contributed by atoms with Gasteiger partial charge >= 0.3 is 0 Å². The summed E-state index contributed by atoms with van der Waals surface area (Å²) in [6.07, 6.45) is 6.10. The maximum absolute atomic E-state index is 13.1. The van der Waals surface area contributed by atoms with Crippen LogP contribution in [0.3, 0.4) is 0 Å². The zero-order valence-electron chi connectivity index (χ0n) is 17.0.